The number of benzene rings is 1. The van der Waals surface area contributed by atoms with E-state index in [1.807, 2.05) is 26.0 Å². The molecule has 4 heteroatoms. The van der Waals surface area contributed by atoms with E-state index in [1.165, 1.54) is 14.2 Å². The molecule has 1 amide bonds. The van der Waals surface area contributed by atoms with Crippen LogP contribution >= 0.6 is 0 Å². The summed E-state index contributed by atoms with van der Waals surface area (Å²) in [6, 6.07) is 3.75. The van der Waals surface area contributed by atoms with Crippen molar-refractivity contribution < 1.29 is 14.6 Å². The van der Waals surface area contributed by atoms with E-state index < -0.39 is 6.09 Å². The molecule has 1 rings (SSSR count). The van der Waals surface area contributed by atoms with E-state index in [1.54, 1.807) is 0 Å². The van der Waals surface area contributed by atoms with E-state index in [0.717, 1.165) is 16.0 Å². The predicted molar refractivity (Wildman–Crippen MR) is 58.9 cm³/mol. The minimum Gasteiger partial charge on any atom is -0.495 e. The van der Waals surface area contributed by atoms with Crippen LogP contribution in [0.2, 0.25) is 0 Å². The van der Waals surface area contributed by atoms with Gasteiger partial charge in [0.05, 0.1) is 12.8 Å². The molecule has 0 aliphatic heterocycles. The zero-order chi connectivity index (χ0) is 11.6. The molecule has 0 aromatic heterocycles. The Hall–Kier alpha value is -1.71. The van der Waals surface area contributed by atoms with Gasteiger partial charge in [-0.15, -0.1) is 0 Å². The van der Waals surface area contributed by atoms with Crippen LogP contribution in [0, 0.1) is 13.8 Å². The van der Waals surface area contributed by atoms with Gasteiger partial charge in [0.15, 0.2) is 0 Å². The summed E-state index contributed by atoms with van der Waals surface area (Å²) < 4.78 is 5.17. The zero-order valence-corrected chi connectivity index (χ0v) is 9.37. The Labute approximate surface area is 89.1 Å². The Morgan fingerprint density at radius 3 is 2.47 bits per heavy atom. The fourth-order valence-corrected chi connectivity index (χ4v) is 1.60. The number of methoxy groups -OCH3 is 1. The molecule has 1 aromatic carbocycles. The summed E-state index contributed by atoms with van der Waals surface area (Å²) in [6.07, 6.45) is -1.000. The summed E-state index contributed by atoms with van der Waals surface area (Å²) >= 11 is 0. The molecule has 0 atom stereocenters. The number of rotatable bonds is 2. The lowest BCUT2D eigenvalue weighted by atomic mass is 10.1. The Morgan fingerprint density at radius 2 is 2.00 bits per heavy atom. The van der Waals surface area contributed by atoms with Gasteiger partial charge < -0.3 is 9.84 Å². The first kappa shape index (κ1) is 11.4. The smallest absolute Gasteiger partial charge is 0.411 e. The molecule has 1 N–H and O–H groups in total. The molecule has 15 heavy (non-hydrogen) atoms. The van der Waals surface area contributed by atoms with E-state index in [0.29, 0.717) is 11.4 Å². The predicted octanol–water partition coefficient (Wildman–Crippen LogP) is 2.43. The van der Waals surface area contributed by atoms with Crippen LogP contribution in [0.1, 0.15) is 11.1 Å². The van der Waals surface area contributed by atoms with Crippen molar-refractivity contribution in [2.45, 2.75) is 13.8 Å². The van der Waals surface area contributed by atoms with E-state index in [-0.39, 0.29) is 0 Å². The molecule has 0 aliphatic rings. The molecule has 0 saturated heterocycles. The van der Waals surface area contributed by atoms with Crippen molar-refractivity contribution in [3.63, 3.8) is 0 Å². The van der Waals surface area contributed by atoms with Gasteiger partial charge in [-0.05, 0) is 31.0 Å². The normalized spacial score (nSPS) is 9.87. The number of carboxylic acid groups (broad SMARTS) is 1. The van der Waals surface area contributed by atoms with Crippen LogP contribution in [0.3, 0.4) is 0 Å². The monoisotopic (exact) mass is 209 g/mol. The summed E-state index contributed by atoms with van der Waals surface area (Å²) in [6.45, 7) is 3.81. The maximum atomic E-state index is 10.9. The number of nitrogens with zero attached hydrogens (tertiary/aromatic N) is 1. The van der Waals surface area contributed by atoms with Gasteiger partial charge in [0.2, 0.25) is 0 Å². The molecule has 82 valence electrons. The fourth-order valence-electron chi connectivity index (χ4n) is 1.60. The average molecular weight is 209 g/mol. The van der Waals surface area contributed by atoms with Crippen LogP contribution < -0.4 is 9.64 Å². The molecule has 1 aromatic rings. The van der Waals surface area contributed by atoms with Crippen LogP contribution in [-0.4, -0.2) is 25.4 Å². The molecule has 0 fully saturated rings. The third-order valence-electron chi connectivity index (χ3n) is 2.25. The fraction of sp³-hybridized carbons (Fsp3) is 0.364. The highest BCUT2D eigenvalue weighted by atomic mass is 16.5. The van der Waals surface area contributed by atoms with Crippen molar-refractivity contribution in [3.8, 4) is 5.75 Å². The molecule has 0 spiro atoms. The standard InChI is InChI=1S/C11H15NO3/c1-7-5-8(2)10(9(6-7)15-4)12(3)11(13)14/h5-6H,1-4H3,(H,13,14). The Bertz CT molecular complexity index is 388. The topological polar surface area (TPSA) is 49.8 Å². The SMILES string of the molecule is COc1cc(C)cc(C)c1N(C)C(=O)O. The van der Waals surface area contributed by atoms with E-state index in [9.17, 15) is 4.79 Å². The number of amides is 1. The quantitative estimate of drug-likeness (QED) is 0.813. The number of ether oxygens (including phenoxy) is 1. The van der Waals surface area contributed by atoms with Gasteiger partial charge in [0.25, 0.3) is 0 Å². The molecular weight excluding hydrogens is 194 g/mol. The van der Waals surface area contributed by atoms with Gasteiger partial charge in [0.1, 0.15) is 5.75 Å². The van der Waals surface area contributed by atoms with Gasteiger partial charge in [-0.3, -0.25) is 4.90 Å². The van der Waals surface area contributed by atoms with Crippen molar-refractivity contribution >= 4 is 11.8 Å². The Kier molecular flexibility index (Phi) is 3.19. The van der Waals surface area contributed by atoms with Crippen LogP contribution in [-0.2, 0) is 0 Å². The second kappa shape index (κ2) is 4.21. The number of carbonyl (C=O) groups is 1. The largest absolute Gasteiger partial charge is 0.495 e. The molecule has 0 aliphatic carbocycles. The van der Waals surface area contributed by atoms with Crippen molar-refractivity contribution in [1.29, 1.82) is 0 Å². The lowest BCUT2D eigenvalue weighted by molar-refractivity contribution is 0.203. The molecule has 0 unspecified atom stereocenters. The van der Waals surface area contributed by atoms with Gasteiger partial charge in [-0.2, -0.15) is 0 Å². The highest BCUT2D eigenvalue weighted by Crippen LogP contribution is 2.32. The Balaban J connectivity index is 3.32. The zero-order valence-electron chi connectivity index (χ0n) is 9.37. The summed E-state index contributed by atoms with van der Waals surface area (Å²) in [4.78, 5) is 12.0. The first-order chi connectivity index (χ1) is 6.97. The second-order valence-electron chi connectivity index (χ2n) is 3.47. The lowest BCUT2D eigenvalue weighted by Crippen LogP contribution is -2.25. The highest BCUT2D eigenvalue weighted by molar-refractivity contribution is 5.89. The first-order valence-electron chi connectivity index (χ1n) is 4.59. The highest BCUT2D eigenvalue weighted by Gasteiger charge is 2.16. The van der Waals surface area contributed by atoms with Crippen LogP contribution in [0.5, 0.6) is 5.75 Å². The number of hydrogen-bond donors (Lipinski definition) is 1. The second-order valence-corrected chi connectivity index (χ2v) is 3.47. The molecular formula is C11H15NO3. The number of hydrogen-bond acceptors (Lipinski definition) is 2. The molecule has 0 radical (unpaired) electrons. The summed E-state index contributed by atoms with van der Waals surface area (Å²) in [5.74, 6) is 0.581. The van der Waals surface area contributed by atoms with Crippen LogP contribution in [0.15, 0.2) is 12.1 Å². The van der Waals surface area contributed by atoms with E-state index in [4.69, 9.17) is 9.84 Å². The molecule has 0 bridgehead atoms. The average Bonchev–Trinajstić information content (AvgIpc) is 2.15. The lowest BCUT2D eigenvalue weighted by Gasteiger charge is -2.19. The minimum absolute atomic E-state index is 0.581. The van der Waals surface area contributed by atoms with Crippen molar-refractivity contribution in [2.24, 2.45) is 0 Å². The van der Waals surface area contributed by atoms with Gasteiger partial charge >= 0.3 is 6.09 Å². The van der Waals surface area contributed by atoms with Gasteiger partial charge in [-0.1, -0.05) is 6.07 Å². The van der Waals surface area contributed by atoms with Crippen molar-refractivity contribution in [1.82, 2.24) is 0 Å². The third kappa shape index (κ3) is 2.21. The van der Waals surface area contributed by atoms with Crippen LogP contribution in [0.25, 0.3) is 0 Å². The van der Waals surface area contributed by atoms with Crippen molar-refractivity contribution in [3.05, 3.63) is 23.3 Å². The number of anilines is 1. The minimum atomic E-state index is -1.000. The maximum absolute atomic E-state index is 10.9. The summed E-state index contributed by atoms with van der Waals surface area (Å²) in [5.41, 5.74) is 2.53. The third-order valence-corrected chi connectivity index (χ3v) is 2.25. The summed E-state index contributed by atoms with van der Waals surface area (Å²) in [5, 5.41) is 8.92. The molecule has 0 heterocycles. The molecule has 0 saturated carbocycles. The summed E-state index contributed by atoms with van der Waals surface area (Å²) in [7, 11) is 3.04. The van der Waals surface area contributed by atoms with Gasteiger partial charge in [-0.25, -0.2) is 4.79 Å². The van der Waals surface area contributed by atoms with Crippen molar-refractivity contribution in [2.75, 3.05) is 19.1 Å². The Morgan fingerprint density at radius 1 is 1.40 bits per heavy atom. The maximum Gasteiger partial charge on any atom is 0.411 e. The van der Waals surface area contributed by atoms with E-state index >= 15 is 0 Å². The number of aryl methyl sites for hydroxylation is 2. The molecule has 4 nitrogen and oxygen atoms in total. The van der Waals surface area contributed by atoms with Gasteiger partial charge in [0, 0.05) is 7.05 Å². The van der Waals surface area contributed by atoms with E-state index in [2.05, 4.69) is 0 Å². The van der Waals surface area contributed by atoms with Crippen LogP contribution in [0.4, 0.5) is 10.5 Å². The first-order valence-corrected chi connectivity index (χ1v) is 4.59.